The summed E-state index contributed by atoms with van der Waals surface area (Å²) in [5, 5.41) is 6.95. The van der Waals surface area contributed by atoms with Gasteiger partial charge in [-0.25, -0.2) is 4.99 Å². The largest absolute Gasteiger partial charge is 0.376 e. The van der Waals surface area contributed by atoms with Crippen molar-refractivity contribution in [3.05, 3.63) is 30.3 Å². The molecular formula is C22H35N5O2. The molecule has 1 aromatic rings. The molecule has 2 saturated heterocycles. The lowest BCUT2D eigenvalue weighted by molar-refractivity contribution is -0.127. The quantitative estimate of drug-likeness (QED) is 0.562. The molecule has 3 rings (SSSR count). The molecule has 7 nitrogen and oxygen atoms in total. The summed E-state index contributed by atoms with van der Waals surface area (Å²) in [5.41, 5.74) is 1.28. The van der Waals surface area contributed by atoms with Crippen LogP contribution in [0.5, 0.6) is 0 Å². The maximum Gasteiger partial charge on any atom is 0.243 e. The van der Waals surface area contributed by atoms with Crippen LogP contribution in [-0.2, 0) is 9.53 Å². The minimum Gasteiger partial charge on any atom is -0.376 e. The smallest absolute Gasteiger partial charge is 0.243 e. The normalized spacial score (nSPS) is 21.0. The number of carbonyl (C=O) groups excluding carboxylic acids is 1. The Bertz CT molecular complexity index is 650. The maximum atomic E-state index is 12.0. The number of nitrogens with zero attached hydrogens (tertiary/aromatic N) is 3. The second kappa shape index (κ2) is 11.0. The van der Waals surface area contributed by atoms with Crippen molar-refractivity contribution >= 4 is 17.6 Å². The van der Waals surface area contributed by atoms with Crippen molar-refractivity contribution in [2.75, 3.05) is 51.8 Å². The lowest BCUT2D eigenvalue weighted by Crippen LogP contribution is -2.50. The standard InChI is InChI=1S/C22H35N5O2/c1-26(2)21(28)17-24-22(23-16-20-10-6-7-15-29-20)25-18-11-13-27(14-12-18)19-8-4-3-5-9-19/h3-5,8-9,18,20H,6-7,10-17H2,1-2H3,(H2,23,24,25). The number of ether oxygens (including phenoxy) is 1. The first-order chi connectivity index (χ1) is 14.1. The number of benzene rings is 1. The zero-order valence-corrected chi connectivity index (χ0v) is 17.8. The number of nitrogens with one attached hydrogen (secondary N) is 2. The molecule has 160 valence electrons. The SMILES string of the molecule is CN(C)C(=O)CN=C(NCC1CCCCO1)NC1CCN(c2ccccc2)CC1. The Hall–Kier alpha value is -2.28. The summed E-state index contributed by atoms with van der Waals surface area (Å²) in [6.45, 7) is 3.74. The summed E-state index contributed by atoms with van der Waals surface area (Å²) < 4.78 is 5.82. The van der Waals surface area contributed by atoms with E-state index in [1.165, 1.54) is 12.1 Å². The van der Waals surface area contributed by atoms with Crippen molar-refractivity contribution in [2.24, 2.45) is 4.99 Å². The lowest BCUT2D eigenvalue weighted by Gasteiger charge is -2.34. The number of rotatable bonds is 6. The average molecular weight is 402 g/mol. The van der Waals surface area contributed by atoms with Gasteiger partial charge in [-0.05, 0) is 44.2 Å². The highest BCUT2D eigenvalue weighted by molar-refractivity contribution is 5.85. The van der Waals surface area contributed by atoms with E-state index in [2.05, 4.69) is 50.9 Å². The Morgan fingerprint density at radius 3 is 2.59 bits per heavy atom. The van der Waals surface area contributed by atoms with E-state index >= 15 is 0 Å². The molecule has 7 heteroatoms. The molecule has 1 aromatic carbocycles. The summed E-state index contributed by atoms with van der Waals surface area (Å²) in [7, 11) is 3.51. The molecule has 0 saturated carbocycles. The molecule has 0 aliphatic carbocycles. The highest BCUT2D eigenvalue weighted by Crippen LogP contribution is 2.19. The first-order valence-electron chi connectivity index (χ1n) is 10.8. The third-order valence-corrected chi connectivity index (χ3v) is 5.60. The van der Waals surface area contributed by atoms with Crippen LogP contribution in [0.4, 0.5) is 5.69 Å². The van der Waals surface area contributed by atoms with Crippen molar-refractivity contribution in [3.63, 3.8) is 0 Å². The molecular weight excluding hydrogens is 366 g/mol. The summed E-state index contributed by atoms with van der Waals surface area (Å²) in [6.07, 6.45) is 5.73. The number of para-hydroxylation sites is 1. The molecule has 0 radical (unpaired) electrons. The third kappa shape index (κ3) is 6.92. The Morgan fingerprint density at radius 1 is 1.17 bits per heavy atom. The van der Waals surface area contributed by atoms with Crippen LogP contribution in [0, 0.1) is 0 Å². The minimum absolute atomic E-state index is 0.00101. The van der Waals surface area contributed by atoms with Gasteiger partial charge in [0.25, 0.3) is 0 Å². The molecule has 2 N–H and O–H groups in total. The van der Waals surface area contributed by atoms with Crippen LogP contribution in [-0.4, -0.2) is 75.8 Å². The fourth-order valence-corrected chi connectivity index (χ4v) is 3.73. The molecule has 29 heavy (non-hydrogen) atoms. The number of hydrogen-bond acceptors (Lipinski definition) is 4. The van der Waals surface area contributed by atoms with Crippen LogP contribution < -0.4 is 15.5 Å². The van der Waals surface area contributed by atoms with Crippen molar-refractivity contribution in [2.45, 2.75) is 44.2 Å². The molecule has 2 heterocycles. The second-order valence-corrected chi connectivity index (χ2v) is 8.06. The number of aliphatic imine (C=N–C) groups is 1. The van der Waals surface area contributed by atoms with Crippen LogP contribution in [0.3, 0.4) is 0 Å². The van der Waals surface area contributed by atoms with Gasteiger partial charge in [0.1, 0.15) is 6.54 Å². The van der Waals surface area contributed by atoms with Crippen LogP contribution in [0.1, 0.15) is 32.1 Å². The summed E-state index contributed by atoms with van der Waals surface area (Å²) in [5.74, 6) is 0.714. The Labute approximate surface area is 174 Å². The van der Waals surface area contributed by atoms with E-state index in [0.717, 1.165) is 51.9 Å². The van der Waals surface area contributed by atoms with E-state index < -0.39 is 0 Å². The van der Waals surface area contributed by atoms with E-state index in [9.17, 15) is 4.79 Å². The van der Waals surface area contributed by atoms with Gasteiger partial charge < -0.3 is 25.2 Å². The Morgan fingerprint density at radius 2 is 1.93 bits per heavy atom. The minimum atomic E-state index is -0.00101. The molecule has 0 aromatic heterocycles. The number of piperidine rings is 1. The fraction of sp³-hybridized carbons (Fsp3) is 0.636. The van der Waals surface area contributed by atoms with Crippen LogP contribution in [0.15, 0.2) is 35.3 Å². The van der Waals surface area contributed by atoms with E-state index in [1.807, 2.05) is 0 Å². The monoisotopic (exact) mass is 401 g/mol. The van der Waals surface area contributed by atoms with E-state index in [0.29, 0.717) is 12.0 Å². The third-order valence-electron chi connectivity index (χ3n) is 5.60. The molecule has 0 spiro atoms. The van der Waals surface area contributed by atoms with Gasteiger partial charge in [-0.15, -0.1) is 0 Å². The van der Waals surface area contributed by atoms with Gasteiger partial charge in [0.05, 0.1) is 6.10 Å². The molecule has 2 aliphatic heterocycles. The first kappa shape index (κ1) is 21.4. The highest BCUT2D eigenvalue weighted by atomic mass is 16.5. The molecule has 2 aliphatic rings. The van der Waals surface area contributed by atoms with Gasteiger partial charge in [-0.3, -0.25) is 4.79 Å². The molecule has 1 atom stereocenters. The maximum absolute atomic E-state index is 12.0. The zero-order valence-electron chi connectivity index (χ0n) is 17.8. The number of likely N-dealkylation sites (N-methyl/N-ethyl adjacent to an activating group) is 1. The fourth-order valence-electron chi connectivity index (χ4n) is 3.73. The Kier molecular flexibility index (Phi) is 8.16. The van der Waals surface area contributed by atoms with Crippen LogP contribution >= 0.6 is 0 Å². The zero-order chi connectivity index (χ0) is 20.5. The lowest BCUT2D eigenvalue weighted by atomic mass is 10.0. The van der Waals surface area contributed by atoms with Gasteiger partial charge in [0.15, 0.2) is 5.96 Å². The first-order valence-corrected chi connectivity index (χ1v) is 10.8. The molecule has 1 amide bonds. The second-order valence-electron chi connectivity index (χ2n) is 8.06. The van der Waals surface area contributed by atoms with Crippen molar-refractivity contribution in [1.29, 1.82) is 0 Å². The van der Waals surface area contributed by atoms with Crippen molar-refractivity contribution < 1.29 is 9.53 Å². The summed E-state index contributed by atoms with van der Waals surface area (Å²) >= 11 is 0. The van der Waals surface area contributed by atoms with E-state index in [-0.39, 0.29) is 18.6 Å². The van der Waals surface area contributed by atoms with Gasteiger partial charge in [0, 0.05) is 52.1 Å². The summed E-state index contributed by atoms with van der Waals surface area (Å²) in [4.78, 5) is 20.5. The van der Waals surface area contributed by atoms with Crippen LogP contribution in [0.2, 0.25) is 0 Å². The number of amides is 1. The number of guanidine groups is 1. The number of anilines is 1. The molecule has 2 fully saturated rings. The number of hydrogen-bond donors (Lipinski definition) is 2. The highest BCUT2D eigenvalue weighted by Gasteiger charge is 2.21. The van der Waals surface area contributed by atoms with Gasteiger partial charge in [-0.2, -0.15) is 0 Å². The topological polar surface area (TPSA) is 69.2 Å². The van der Waals surface area contributed by atoms with Crippen LogP contribution in [0.25, 0.3) is 0 Å². The van der Waals surface area contributed by atoms with Gasteiger partial charge in [0.2, 0.25) is 5.91 Å². The average Bonchev–Trinajstić information content (AvgIpc) is 2.77. The number of carbonyl (C=O) groups is 1. The van der Waals surface area contributed by atoms with E-state index in [1.54, 1.807) is 19.0 Å². The summed E-state index contributed by atoms with van der Waals surface area (Å²) in [6, 6.07) is 10.9. The van der Waals surface area contributed by atoms with E-state index in [4.69, 9.17) is 4.74 Å². The van der Waals surface area contributed by atoms with Gasteiger partial charge >= 0.3 is 0 Å². The van der Waals surface area contributed by atoms with Crippen molar-refractivity contribution in [1.82, 2.24) is 15.5 Å². The Balaban J connectivity index is 1.52. The van der Waals surface area contributed by atoms with Gasteiger partial charge in [-0.1, -0.05) is 18.2 Å². The molecule has 0 bridgehead atoms. The predicted molar refractivity (Wildman–Crippen MR) is 117 cm³/mol. The predicted octanol–water partition coefficient (Wildman–Crippen LogP) is 1.85. The van der Waals surface area contributed by atoms with Crippen molar-refractivity contribution in [3.8, 4) is 0 Å². The molecule has 1 unspecified atom stereocenters.